The number of carbonyl (C=O) groups is 1. The van der Waals surface area contributed by atoms with E-state index in [4.69, 9.17) is 11.6 Å². The van der Waals surface area contributed by atoms with Crippen LogP contribution >= 0.6 is 11.6 Å². The van der Waals surface area contributed by atoms with Gasteiger partial charge in [-0.05, 0) is 35.7 Å². The first-order valence-electron chi connectivity index (χ1n) is 8.57. The Morgan fingerprint density at radius 3 is 2.52 bits per heavy atom. The second-order valence-electron chi connectivity index (χ2n) is 6.07. The molecule has 1 N–H and O–H groups in total. The molecule has 3 rings (SSSR count). The van der Waals surface area contributed by atoms with Crippen LogP contribution in [0.3, 0.4) is 0 Å². The summed E-state index contributed by atoms with van der Waals surface area (Å²) >= 11 is 6.13. The van der Waals surface area contributed by atoms with E-state index in [1.807, 2.05) is 36.4 Å². The quantitative estimate of drug-likeness (QED) is 0.678. The molecule has 7 heteroatoms. The van der Waals surface area contributed by atoms with Gasteiger partial charge in [-0.2, -0.15) is 0 Å². The van der Waals surface area contributed by atoms with Gasteiger partial charge in [-0.15, -0.1) is 0 Å². The Labute approximate surface area is 163 Å². The van der Waals surface area contributed by atoms with Crippen molar-refractivity contribution in [3.63, 3.8) is 0 Å². The van der Waals surface area contributed by atoms with Gasteiger partial charge in [-0.3, -0.25) is 9.78 Å². The topological polar surface area (TPSA) is 71.0 Å². The maximum absolute atomic E-state index is 12.5. The number of amides is 1. The summed E-state index contributed by atoms with van der Waals surface area (Å²) in [5, 5.41) is 3.79. The van der Waals surface area contributed by atoms with E-state index in [9.17, 15) is 4.79 Å². The molecule has 6 nitrogen and oxygen atoms in total. The minimum atomic E-state index is -0.110. The van der Waals surface area contributed by atoms with Crippen molar-refractivity contribution in [2.45, 2.75) is 13.0 Å². The van der Waals surface area contributed by atoms with Crippen LogP contribution in [0, 0.1) is 0 Å². The van der Waals surface area contributed by atoms with Gasteiger partial charge in [0.15, 0.2) is 0 Å². The number of carbonyl (C=O) groups excluding carboxylic acids is 1. The monoisotopic (exact) mass is 381 g/mol. The number of benzene rings is 1. The molecule has 138 valence electrons. The Balaban J connectivity index is 1.54. The number of hydrogen-bond donors (Lipinski definition) is 1. The Morgan fingerprint density at radius 2 is 1.81 bits per heavy atom. The molecule has 0 saturated heterocycles. The highest BCUT2D eigenvalue weighted by molar-refractivity contribution is 6.31. The van der Waals surface area contributed by atoms with E-state index >= 15 is 0 Å². The lowest BCUT2D eigenvalue weighted by molar-refractivity contribution is 0.0796. The summed E-state index contributed by atoms with van der Waals surface area (Å²) in [6, 6.07) is 11.5. The molecule has 0 aliphatic rings. The first-order valence-corrected chi connectivity index (χ1v) is 8.95. The molecule has 0 spiro atoms. The average molecular weight is 382 g/mol. The molecule has 1 amide bonds. The second-order valence-corrected chi connectivity index (χ2v) is 6.48. The summed E-state index contributed by atoms with van der Waals surface area (Å²) < 4.78 is 0. The predicted octanol–water partition coefficient (Wildman–Crippen LogP) is 3.45. The van der Waals surface area contributed by atoms with Crippen molar-refractivity contribution in [1.29, 1.82) is 0 Å². The summed E-state index contributed by atoms with van der Waals surface area (Å²) in [5.74, 6) is 0.340. The predicted molar refractivity (Wildman–Crippen MR) is 106 cm³/mol. The van der Waals surface area contributed by atoms with E-state index in [0.717, 1.165) is 17.5 Å². The molecule has 0 aliphatic carbocycles. The van der Waals surface area contributed by atoms with Gasteiger partial charge in [0.2, 0.25) is 5.95 Å². The van der Waals surface area contributed by atoms with Gasteiger partial charge >= 0.3 is 0 Å². The van der Waals surface area contributed by atoms with Crippen molar-refractivity contribution in [3.05, 3.63) is 82.9 Å². The number of pyridine rings is 1. The molecule has 0 aliphatic heterocycles. The number of anilines is 1. The van der Waals surface area contributed by atoms with Gasteiger partial charge in [-0.1, -0.05) is 29.8 Å². The number of nitrogens with one attached hydrogen (secondary N) is 1. The number of hydrogen-bond acceptors (Lipinski definition) is 5. The Kier molecular flexibility index (Phi) is 6.33. The van der Waals surface area contributed by atoms with E-state index < -0.39 is 0 Å². The van der Waals surface area contributed by atoms with E-state index in [2.05, 4.69) is 20.3 Å². The molecular formula is C20H20ClN5O. The normalized spacial score (nSPS) is 10.4. The molecule has 0 saturated carbocycles. The summed E-state index contributed by atoms with van der Waals surface area (Å²) in [7, 11) is 1.77. The summed E-state index contributed by atoms with van der Waals surface area (Å²) in [5.41, 5.74) is 2.55. The van der Waals surface area contributed by atoms with E-state index in [1.54, 1.807) is 24.3 Å². The summed E-state index contributed by atoms with van der Waals surface area (Å²) in [6.07, 6.45) is 7.34. The van der Waals surface area contributed by atoms with Crippen LogP contribution in [-0.2, 0) is 13.0 Å². The minimum Gasteiger partial charge on any atom is -0.350 e. The lowest BCUT2D eigenvalue weighted by Gasteiger charge is -2.17. The summed E-state index contributed by atoms with van der Waals surface area (Å²) in [6.45, 7) is 1.12. The van der Waals surface area contributed by atoms with Crippen LogP contribution in [0.4, 0.5) is 5.95 Å². The maximum Gasteiger partial charge on any atom is 0.256 e. The van der Waals surface area contributed by atoms with Crippen LogP contribution < -0.4 is 5.32 Å². The zero-order valence-corrected chi connectivity index (χ0v) is 15.7. The molecule has 0 atom stereocenters. The van der Waals surface area contributed by atoms with E-state index in [1.165, 1.54) is 12.4 Å². The fourth-order valence-electron chi connectivity index (χ4n) is 2.51. The number of halogens is 1. The van der Waals surface area contributed by atoms with Gasteiger partial charge in [0.25, 0.3) is 5.91 Å². The van der Waals surface area contributed by atoms with Gasteiger partial charge in [0, 0.05) is 49.9 Å². The molecule has 3 aromatic rings. The van der Waals surface area contributed by atoms with Crippen LogP contribution in [0.5, 0.6) is 0 Å². The van der Waals surface area contributed by atoms with Crippen LogP contribution in [0.2, 0.25) is 5.02 Å². The lowest BCUT2D eigenvalue weighted by atomic mass is 10.2. The van der Waals surface area contributed by atoms with Gasteiger partial charge in [0.1, 0.15) is 0 Å². The van der Waals surface area contributed by atoms with Crippen molar-refractivity contribution in [2.75, 3.05) is 18.9 Å². The Hall–Kier alpha value is -2.99. The molecule has 0 fully saturated rings. The molecular weight excluding hydrogens is 362 g/mol. The highest BCUT2D eigenvalue weighted by atomic mass is 35.5. The van der Waals surface area contributed by atoms with Crippen LogP contribution in [0.15, 0.2) is 61.2 Å². The SMILES string of the molecule is CN(CCc1ccncc1)C(=O)c1cnc(NCc2ccccc2Cl)nc1. The fourth-order valence-corrected chi connectivity index (χ4v) is 2.72. The fraction of sp³-hybridized carbons (Fsp3) is 0.200. The standard InChI is InChI=1S/C20H20ClN5O/c1-26(11-8-15-6-9-22-10-7-15)19(27)17-13-24-20(25-14-17)23-12-16-4-2-3-5-18(16)21/h2-7,9-10,13-14H,8,11-12H2,1H3,(H,23,24,25). The number of aromatic nitrogens is 3. The number of rotatable bonds is 7. The van der Waals surface area contributed by atoms with E-state index in [-0.39, 0.29) is 5.91 Å². The van der Waals surface area contributed by atoms with Crippen molar-refractivity contribution >= 4 is 23.5 Å². The third kappa shape index (κ3) is 5.24. The molecule has 2 aromatic heterocycles. The van der Waals surface area contributed by atoms with Gasteiger partial charge in [-0.25, -0.2) is 9.97 Å². The van der Waals surface area contributed by atoms with Gasteiger partial charge in [0.05, 0.1) is 5.56 Å². The third-order valence-corrected chi connectivity index (χ3v) is 4.49. The number of likely N-dealkylation sites (N-methyl/N-ethyl adjacent to an activating group) is 1. The molecule has 2 heterocycles. The minimum absolute atomic E-state index is 0.110. The van der Waals surface area contributed by atoms with Crippen molar-refractivity contribution in [3.8, 4) is 0 Å². The second kappa shape index (κ2) is 9.09. The zero-order chi connectivity index (χ0) is 19.1. The van der Waals surface area contributed by atoms with Crippen molar-refractivity contribution < 1.29 is 4.79 Å². The zero-order valence-electron chi connectivity index (χ0n) is 15.0. The van der Waals surface area contributed by atoms with E-state index in [0.29, 0.717) is 29.6 Å². The number of nitrogens with zero attached hydrogens (tertiary/aromatic N) is 4. The van der Waals surface area contributed by atoms with Crippen molar-refractivity contribution in [2.24, 2.45) is 0 Å². The Bertz CT molecular complexity index is 886. The van der Waals surface area contributed by atoms with Crippen LogP contribution in [-0.4, -0.2) is 39.4 Å². The third-order valence-electron chi connectivity index (χ3n) is 4.13. The van der Waals surface area contributed by atoms with Crippen LogP contribution in [0.1, 0.15) is 21.5 Å². The summed E-state index contributed by atoms with van der Waals surface area (Å²) in [4.78, 5) is 26.6. The molecule has 0 radical (unpaired) electrons. The molecule has 27 heavy (non-hydrogen) atoms. The smallest absolute Gasteiger partial charge is 0.256 e. The van der Waals surface area contributed by atoms with Gasteiger partial charge < -0.3 is 10.2 Å². The Morgan fingerprint density at radius 1 is 1.11 bits per heavy atom. The highest BCUT2D eigenvalue weighted by Gasteiger charge is 2.13. The lowest BCUT2D eigenvalue weighted by Crippen LogP contribution is -2.29. The first-order chi connectivity index (χ1) is 13.1. The maximum atomic E-state index is 12.5. The molecule has 1 aromatic carbocycles. The first kappa shape index (κ1) is 18.8. The average Bonchev–Trinajstić information content (AvgIpc) is 2.72. The van der Waals surface area contributed by atoms with Crippen LogP contribution in [0.25, 0.3) is 0 Å². The largest absolute Gasteiger partial charge is 0.350 e. The molecule has 0 unspecified atom stereocenters. The van der Waals surface area contributed by atoms with Crippen molar-refractivity contribution in [1.82, 2.24) is 19.9 Å². The molecule has 0 bridgehead atoms. The highest BCUT2D eigenvalue weighted by Crippen LogP contribution is 2.15.